The van der Waals surface area contributed by atoms with E-state index in [-0.39, 0.29) is 0 Å². The zero-order valence-electron chi connectivity index (χ0n) is 9.84. The van der Waals surface area contributed by atoms with Gasteiger partial charge in [0.05, 0.1) is 12.3 Å². The summed E-state index contributed by atoms with van der Waals surface area (Å²) in [5, 5.41) is 0. The Morgan fingerprint density at radius 3 is 2.35 bits per heavy atom. The molecule has 0 aliphatic carbocycles. The van der Waals surface area contributed by atoms with Crippen LogP contribution in [0.1, 0.15) is 12.5 Å². The maximum atomic E-state index is 5.37. The van der Waals surface area contributed by atoms with Crippen molar-refractivity contribution < 1.29 is 4.74 Å². The molecule has 0 saturated carbocycles. The Kier molecular flexibility index (Phi) is 3.92. The number of ether oxygens (including phenoxy) is 1. The van der Waals surface area contributed by atoms with Gasteiger partial charge in [-0.15, -0.1) is 0 Å². The first-order valence-electron chi connectivity index (χ1n) is 5.70. The Morgan fingerprint density at radius 2 is 1.71 bits per heavy atom. The lowest BCUT2D eigenvalue weighted by Crippen LogP contribution is -1.89. The maximum absolute atomic E-state index is 5.37. The van der Waals surface area contributed by atoms with Crippen molar-refractivity contribution >= 4 is 11.9 Å². The van der Waals surface area contributed by atoms with Crippen molar-refractivity contribution in [2.24, 2.45) is 4.99 Å². The molecule has 0 bridgehead atoms. The third-order valence-corrected chi connectivity index (χ3v) is 2.31. The quantitative estimate of drug-likeness (QED) is 0.724. The molecule has 0 N–H and O–H groups in total. The lowest BCUT2D eigenvalue weighted by Gasteiger charge is -2.01. The summed E-state index contributed by atoms with van der Waals surface area (Å²) in [6, 6.07) is 17.8. The number of hydrogen-bond acceptors (Lipinski definition) is 2. The SMILES string of the molecule is CCOc1ccc(/N=C/c2ccccc2)cc1. The van der Waals surface area contributed by atoms with Gasteiger partial charge in [-0.25, -0.2) is 0 Å². The second kappa shape index (κ2) is 5.85. The van der Waals surface area contributed by atoms with Crippen molar-refractivity contribution in [3.63, 3.8) is 0 Å². The lowest BCUT2D eigenvalue weighted by atomic mass is 10.2. The van der Waals surface area contributed by atoms with Crippen LogP contribution in [0.4, 0.5) is 5.69 Å². The van der Waals surface area contributed by atoms with Crippen LogP contribution in [0.25, 0.3) is 0 Å². The molecule has 0 spiro atoms. The highest BCUT2D eigenvalue weighted by molar-refractivity contribution is 5.81. The smallest absolute Gasteiger partial charge is 0.119 e. The molecule has 0 fully saturated rings. The molecular weight excluding hydrogens is 210 g/mol. The second-order valence-corrected chi connectivity index (χ2v) is 3.60. The minimum Gasteiger partial charge on any atom is -0.494 e. The average molecular weight is 225 g/mol. The van der Waals surface area contributed by atoms with Crippen LogP contribution < -0.4 is 4.74 Å². The van der Waals surface area contributed by atoms with Gasteiger partial charge >= 0.3 is 0 Å². The molecule has 86 valence electrons. The largest absolute Gasteiger partial charge is 0.494 e. The Labute approximate surface area is 102 Å². The molecule has 0 aliphatic rings. The van der Waals surface area contributed by atoms with Gasteiger partial charge in [0, 0.05) is 6.21 Å². The summed E-state index contributed by atoms with van der Waals surface area (Å²) in [4.78, 5) is 4.40. The van der Waals surface area contributed by atoms with E-state index >= 15 is 0 Å². The first-order chi connectivity index (χ1) is 8.38. The van der Waals surface area contributed by atoms with E-state index in [2.05, 4.69) is 4.99 Å². The second-order valence-electron chi connectivity index (χ2n) is 3.60. The van der Waals surface area contributed by atoms with E-state index in [4.69, 9.17) is 4.74 Å². The molecule has 0 aromatic heterocycles. The molecule has 2 aromatic rings. The Morgan fingerprint density at radius 1 is 1.00 bits per heavy atom. The fraction of sp³-hybridized carbons (Fsp3) is 0.133. The fourth-order valence-electron chi connectivity index (χ4n) is 1.48. The lowest BCUT2D eigenvalue weighted by molar-refractivity contribution is 0.340. The van der Waals surface area contributed by atoms with E-state index in [9.17, 15) is 0 Å². The van der Waals surface area contributed by atoms with Gasteiger partial charge in [0.25, 0.3) is 0 Å². The predicted octanol–water partition coefficient (Wildman–Crippen LogP) is 3.84. The molecule has 17 heavy (non-hydrogen) atoms. The van der Waals surface area contributed by atoms with Crippen molar-refractivity contribution in [1.82, 2.24) is 0 Å². The monoisotopic (exact) mass is 225 g/mol. The van der Waals surface area contributed by atoms with Gasteiger partial charge in [0.2, 0.25) is 0 Å². The van der Waals surface area contributed by atoms with Crippen LogP contribution in [0.3, 0.4) is 0 Å². The van der Waals surface area contributed by atoms with Gasteiger partial charge in [-0.1, -0.05) is 30.3 Å². The average Bonchev–Trinajstić information content (AvgIpc) is 2.40. The van der Waals surface area contributed by atoms with Crippen molar-refractivity contribution in [2.75, 3.05) is 6.61 Å². The van der Waals surface area contributed by atoms with Crippen molar-refractivity contribution in [3.8, 4) is 5.75 Å². The molecule has 0 radical (unpaired) electrons. The summed E-state index contributed by atoms with van der Waals surface area (Å²) in [5.41, 5.74) is 2.03. The molecule has 0 aliphatic heterocycles. The number of rotatable bonds is 4. The minimum atomic E-state index is 0.687. The topological polar surface area (TPSA) is 21.6 Å². The molecule has 2 rings (SSSR count). The standard InChI is InChI=1S/C15H15NO/c1-2-17-15-10-8-14(9-11-15)16-12-13-6-4-3-5-7-13/h3-12H,2H2,1H3/b16-12+. The van der Waals surface area contributed by atoms with Crippen LogP contribution in [0.15, 0.2) is 59.6 Å². The van der Waals surface area contributed by atoms with Crippen LogP contribution in [-0.2, 0) is 0 Å². The third kappa shape index (κ3) is 3.45. The van der Waals surface area contributed by atoms with Crippen molar-refractivity contribution in [1.29, 1.82) is 0 Å². The molecule has 0 unspecified atom stereocenters. The van der Waals surface area contributed by atoms with Gasteiger partial charge in [-0.2, -0.15) is 0 Å². The summed E-state index contributed by atoms with van der Waals surface area (Å²) in [7, 11) is 0. The van der Waals surface area contributed by atoms with E-state index in [1.165, 1.54) is 0 Å². The number of aliphatic imine (C=N–C) groups is 1. The highest BCUT2D eigenvalue weighted by Crippen LogP contribution is 2.17. The van der Waals surface area contributed by atoms with E-state index in [1.807, 2.05) is 67.7 Å². The Hall–Kier alpha value is -2.09. The maximum Gasteiger partial charge on any atom is 0.119 e. The number of nitrogens with zero attached hydrogens (tertiary/aromatic N) is 1. The molecule has 2 heteroatoms. The first-order valence-corrected chi connectivity index (χ1v) is 5.70. The Balaban J connectivity index is 2.06. The van der Waals surface area contributed by atoms with E-state index in [1.54, 1.807) is 0 Å². The minimum absolute atomic E-state index is 0.687. The van der Waals surface area contributed by atoms with Crippen LogP contribution in [-0.4, -0.2) is 12.8 Å². The Bertz CT molecular complexity index is 474. The molecule has 0 atom stereocenters. The van der Waals surface area contributed by atoms with Crippen LogP contribution >= 0.6 is 0 Å². The molecule has 2 aromatic carbocycles. The van der Waals surface area contributed by atoms with Crippen LogP contribution in [0.5, 0.6) is 5.75 Å². The van der Waals surface area contributed by atoms with Gasteiger partial charge in [-0.3, -0.25) is 4.99 Å². The van der Waals surface area contributed by atoms with Crippen LogP contribution in [0.2, 0.25) is 0 Å². The molecule has 2 nitrogen and oxygen atoms in total. The summed E-state index contributed by atoms with van der Waals surface area (Å²) in [6.07, 6.45) is 1.86. The summed E-state index contributed by atoms with van der Waals surface area (Å²) in [6.45, 7) is 2.66. The van der Waals surface area contributed by atoms with Crippen molar-refractivity contribution in [2.45, 2.75) is 6.92 Å². The van der Waals surface area contributed by atoms with E-state index in [0.717, 1.165) is 17.0 Å². The van der Waals surface area contributed by atoms with Gasteiger partial charge in [0.15, 0.2) is 0 Å². The van der Waals surface area contributed by atoms with Gasteiger partial charge < -0.3 is 4.74 Å². The third-order valence-electron chi connectivity index (χ3n) is 2.31. The molecular formula is C15H15NO. The summed E-state index contributed by atoms with van der Waals surface area (Å²) < 4.78 is 5.37. The zero-order chi connectivity index (χ0) is 11.9. The number of benzene rings is 2. The predicted molar refractivity (Wildman–Crippen MR) is 71.3 cm³/mol. The van der Waals surface area contributed by atoms with Crippen LogP contribution in [0, 0.1) is 0 Å². The highest BCUT2D eigenvalue weighted by atomic mass is 16.5. The van der Waals surface area contributed by atoms with E-state index < -0.39 is 0 Å². The van der Waals surface area contributed by atoms with Crippen molar-refractivity contribution in [3.05, 3.63) is 60.2 Å². The van der Waals surface area contributed by atoms with Gasteiger partial charge in [0.1, 0.15) is 5.75 Å². The first kappa shape index (κ1) is 11.4. The van der Waals surface area contributed by atoms with E-state index in [0.29, 0.717) is 6.61 Å². The summed E-state index contributed by atoms with van der Waals surface area (Å²) in [5.74, 6) is 0.881. The normalized spacial score (nSPS) is 10.6. The fourth-order valence-corrected chi connectivity index (χ4v) is 1.48. The highest BCUT2D eigenvalue weighted by Gasteiger charge is 1.92. The molecule has 0 amide bonds. The zero-order valence-corrected chi connectivity index (χ0v) is 9.84. The summed E-state index contributed by atoms with van der Waals surface area (Å²) >= 11 is 0. The molecule has 0 heterocycles. The van der Waals surface area contributed by atoms with Gasteiger partial charge in [-0.05, 0) is 36.8 Å². The number of hydrogen-bond donors (Lipinski definition) is 0. The molecule has 0 saturated heterocycles.